The summed E-state index contributed by atoms with van der Waals surface area (Å²) in [6.45, 7) is 0. The molecule has 1 aliphatic rings. The quantitative estimate of drug-likeness (QED) is 0.211. The Morgan fingerprint density at radius 2 is 0.837 bits per heavy atom. The maximum atomic E-state index is 11.2. The van der Waals surface area contributed by atoms with Crippen LogP contribution in [0, 0.1) is 16.2 Å². The summed E-state index contributed by atoms with van der Waals surface area (Å²) in [5, 5.41) is 51.4. The molecular formula is C32H33BN6O9S. The van der Waals surface area contributed by atoms with Gasteiger partial charge in [0.15, 0.2) is 24.8 Å². The highest BCUT2D eigenvalue weighted by Crippen LogP contribution is 2.27. The SMILES string of the molecule is COc1ccc(C2C=CS(=O)(=O)C2)cc1.COc1ccc([N+]#N)cc1.COc1ccc([N+]#N)cc1.COc1ccc([N+]#N)cc1.[O-]B([O-])[O-]. The van der Waals surface area contributed by atoms with Crippen LogP contribution in [0.1, 0.15) is 11.5 Å². The fraction of sp³-hybridized carbons (Fsp3) is 0.188. The Hall–Kier alpha value is -6.03. The Kier molecular flexibility index (Phi) is 18.8. The Morgan fingerprint density at radius 1 is 0.571 bits per heavy atom. The summed E-state index contributed by atoms with van der Waals surface area (Å²) in [5.74, 6) is 3.22. The summed E-state index contributed by atoms with van der Waals surface area (Å²) >= 11 is 0. The van der Waals surface area contributed by atoms with Crippen LogP contribution >= 0.6 is 0 Å². The van der Waals surface area contributed by atoms with Gasteiger partial charge in [-0.2, -0.15) is 0 Å². The van der Waals surface area contributed by atoms with Gasteiger partial charge in [-0.3, -0.25) is 7.32 Å². The third-order valence-electron chi connectivity index (χ3n) is 6.04. The minimum absolute atomic E-state index is 0.0130. The van der Waals surface area contributed by atoms with Crippen LogP contribution in [0.5, 0.6) is 23.0 Å². The van der Waals surface area contributed by atoms with Gasteiger partial charge in [-0.25, -0.2) is 8.42 Å². The Morgan fingerprint density at radius 3 is 1.04 bits per heavy atom. The van der Waals surface area contributed by atoms with Crippen molar-refractivity contribution < 1.29 is 42.4 Å². The van der Waals surface area contributed by atoms with E-state index in [0.717, 1.165) is 28.6 Å². The van der Waals surface area contributed by atoms with E-state index >= 15 is 0 Å². The summed E-state index contributed by atoms with van der Waals surface area (Å²) in [6.07, 6.45) is 1.73. The second-order valence-corrected chi connectivity index (χ2v) is 11.2. The fourth-order valence-corrected chi connectivity index (χ4v) is 4.93. The molecule has 0 amide bonds. The van der Waals surface area contributed by atoms with Gasteiger partial charge in [0.2, 0.25) is 16.2 Å². The average molecular weight is 689 g/mol. The summed E-state index contributed by atoms with van der Waals surface area (Å²) in [5.41, 5.74) is 2.59. The predicted octanol–water partition coefficient (Wildman–Crippen LogP) is 4.31. The number of allylic oxidation sites excluding steroid dienone is 1. The van der Waals surface area contributed by atoms with Crippen LogP contribution in [0.4, 0.5) is 17.1 Å². The van der Waals surface area contributed by atoms with Crippen LogP contribution in [-0.2, 0) is 9.84 Å². The second kappa shape index (κ2) is 22.5. The zero-order chi connectivity index (χ0) is 36.7. The number of benzene rings is 4. The number of methoxy groups -OCH3 is 4. The molecule has 4 aromatic carbocycles. The molecule has 1 unspecified atom stereocenters. The van der Waals surface area contributed by atoms with Crippen LogP contribution in [0.15, 0.2) is 109 Å². The minimum Gasteiger partial charge on any atom is -0.907 e. The van der Waals surface area contributed by atoms with Crippen LogP contribution in [0.3, 0.4) is 0 Å². The van der Waals surface area contributed by atoms with Crippen molar-refractivity contribution in [2.75, 3.05) is 34.2 Å². The molecule has 0 saturated heterocycles. The zero-order valence-corrected chi connectivity index (χ0v) is 27.8. The summed E-state index contributed by atoms with van der Waals surface area (Å²) in [7, 11) is 0.483. The number of diazo groups is 3. The highest BCUT2D eigenvalue weighted by molar-refractivity contribution is 7.94. The van der Waals surface area contributed by atoms with Crippen LogP contribution in [0.2, 0.25) is 0 Å². The molecule has 5 rings (SSSR count). The monoisotopic (exact) mass is 688 g/mol. The number of nitrogens with zero attached hydrogens (tertiary/aromatic N) is 6. The molecule has 0 bridgehead atoms. The van der Waals surface area contributed by atoms with Gasteiger partial charge >= 0.3 is 17.1 Å². The molecule has 49 heavy (non-hydrogen) atoms. The standard InChI is InChI=1S/C11H12O3S.3C7H7N2O.BO3/c1-14-11-4-2-9(3-5-11)10-6-7-15(12,13)8-10;3*1-10-7-4-2-6(9-8)3-5-7;2-1(3)4/h2-7,10H,8H2,1H3;3*2-5H,1H3;/q;3*+1;-3. The van der Waals surface area contributed by atoms with Crippen molar-refractivity contribution >= 4 is 34.2 Å². The molecule has 0 aromatic heterocycles. The first-order valence-electron chi connectivity index (χ1n) is 13.9. The lowest BCUT2D eigenvalue weighted by atomic mass is 10.0. The maximum Gasteiger partial charge on any atom is 0.385 e. The lowest BCUT2D eigenvalue weighted by Gasteiger charge is -2.35. The first-order valence-corrected chi connectivity index (χ1v) is 15.6. The highest BCUT2D eigenvalue weighted by Gasteiger charge is 2.22. The third-order valence-corrected chi connectivity index (χ3v) is 7.43. The summed E-state index contributed by atoms with van der Waals surface area (Å²) in [6, 6.07) is 27.9. The van der Waals surface area contributed by atoms with Gasteiger partial charge in [-0.15, -0.1) is 0 Å². The molecule has 0 aliphatic carbocycles. The molecule has 0 saturated carbocycles. The Bertz CT molecular complexity index is 1670. The van der Waals surface area contributed by atoms with Gasteiger partial charge in [0, 0.05) is 47.7 Å². The molecule has 254 valence electrons. The lowest BCUT2D eigenvalue weighted by Crippen LogP contribution is -2.56. The number of hydrogen-bond donors (Lipinski definition) is 0. The van der Waals surface area contributed by atoms with E-state index in [1.807, 2.05) is 24.3 Å². The van der Waals surface area contributed by atoms with Crippen LogP contribution < -0.4 is 34.0 Å². The molecule has 1 aliphatic heterocycles. The van der Waals surface area contributed by atoms with Crippen LogP contribution in [0.25, 0.3) is 14.9 Å². The molecule has 15 nitrogen and oxygen atoms in total. The van der Waals surface area contributed by atoms with E-state index in [9.17, 15) is 8.42 Å². The molecule has 0 spiro atoms. The van der Waals surface area contributed by atoms with E-state index in [0.29, 0.717) is 17.1 Å². The predicted molar refractivity (Wildman–Crippen MR) is 178 cm³/mol. The topological polar surface area (TPSA) is 225 Å². The van der Waals surface area contributed by atoms with E-state index in [2.05, 4.69) is 14.9 Å². The molecule has 4 aromatic rings. The molecule has 0 N–H and O–H groups in total. The largest absolute Gasteiger partial charge is 0.907 e. The van der Waals surface area contributed by atoms with E-state index in [1.165, 1.54) is 5.41 Å². The van der Waals surface area contributed by atoms with Crippen molar-refractivity contribution in [3.05, 3.63) is 129 Å². The first kappa shape index (κ1) is 41.0. The summed E-state index contributed by atoms with van der Waals surface area (Å²) in [4.78, 5) is 8.97. The average Bonchev–Trinajstić information content (AvgIpc) is 3.51. The van der Waals surface area contributed by atoms with E-state index in [-0.39, 0.29) is 11.7 Å². The molecule has 0 fully saturated rings. The smallest absolute Gasteiger partial charge is 0.385 e. The molecule has 0 radical (unpaired) electrons. The van der Waals surface area contributed by atoms with Crippen molar-refractivity contribution in [3.8, 4) is 23.0 Å². The van der Waals surface area contributed by atoms with Gasteiger partial charge in [-0.1, -0.05) is 18.2 Å². The number of sulfone groups is 1. The van der Waals surface area contributed by atoms with Crippen molar-refractivity contribution in [1.82, 2.24) is 0 Å². The zero-order valence-electron chi connectivity index (χ0n) is 27.0. The van der Waals surface area contributed by atoms with Crippen molar-refractivity contribution in [2.24, 2.45) is 0 Å². The molecule has 17 heteroatoms. The number of hydrogen-bond acceptors (Lipinski definition) is 12. The van der Waals surface area contributed by atoms with Gasteiger partial charge in [0.25, 0.3) is 0 Å². The van der Waals surface area contributed by atoms with Gasteiger partial charge in [0.1, 0.15) is 23.0 Å². The Balaban J connectivity index is 0.000000320. The fourth-order valence-electron chi connectivity index (χ4n) is 3.58. The minimum atomic E-state index is -2.97. The molecular weight excluding hydrogens is 655 g/mol. The van der Waals surface area contributed by atoms with Gasteiger partial charge in [-0.05, 0) is 54.1 Å². The third kappa shape index (κ3) is 16.9. The van der Waals surface area contributed by atoms with Crippen molar-refractivity contribution in [1.29, 1.82) is 16.2 Å². The highest BCUT2D eigenvalue weighted by atomic mass is 32.2. The maximum absolute atomic E-state index is 11.2. The van der Waals surface area contributed by atoms with Crippen molar-refractivity contribution in [3.63, 3.8) is 0 Å². The number of rotatable bonds is 5. The lowest BCUT2D eigenvalue weighted by molar-refractivity contribution is -0.479. The normalized spacial score (nSPS) is 12.7. The Labute approximate surface area is 284 Å². The second-order valence-electron chi connectivity index (χ2n) is 9.22. The first-order chi connectivity index (χ1) is 23.4. The van der Waals surface area contributed by atoms with Crippen molar-refractivity contribution in [2.45, 2.75) is 5.92 Å². The number of ether oxygens (including phenoxy) is 4. The summed E-state index contributed by atoms with van der Waals surface area (Å²) < 4.78 is 42.2. The van der Waals surface area contributed by atoms with E-state index in [4.69, 9.17) is 50.2 Å². The van der Waals surface area contributed by atoms with Gasteiger partial charge in [0.05, 0.1) is 34.2 Å². The van der Waals surface area contributed by atoms with E-state index in [1.54, 1.807) is 107 Å². The van der Waals surface area contributed by atoms with E-state index < -0.39 is 17.2 Å². The van der Waals surface area contributed by atoms with Gasteiger partial charge < -0.3 is 34.0 Å². The molecule has 1 atom stereocenters. The molecule has 1 heterocycles. The van der Waals surface area contributed by atoms with Crippen LogP contribution in [-0.4, -0.2) is 49.9 Å².